The Kier molecular flexibility index (Phi) is 3.93. The predicted octanol–water partition coefficient (Wildman–Crippen LogP) is 2.89. The maximum atomic E-state index is 10.7. The highest BCUT2D eigenvalue weighted by atomic mass is 16.5. The molecular weight excluding hydrogens is 204 g/mol. The van der Waals surface area contributed by atoms with Crippen molar-refractivity contribution in [2.24, 2.45) is 0 Å². The van der Waals surface area contributed by atoms with Gasteiger partial charge in [-0.1, -0.05) is 6.92 Å². The van der Waals surface area contributed by atoms with Crippen molar-refractivity contribution in [2.45, 2.75) is 33.1 Å². The molecule has 88 valence electrons. The second-order valence-corrected chi connectivity index (χ2v) is 4.17. The summed E-state index contributed by atoms with van der Waals surface area (Å²) in [5, 5.41) is 8.80. The van der Waals surface area contributed by atoms with Gasteiger partial charge in [-0.2, -0.15) is 0 Å². The molecule has 0 aliphatic carbocycles. The third-order valence-electron chi connectivity index (χ3n) is 2.78. The molecule has 0 saturated carbocycles. The summed E-state index contributed by atoms with van der Waals surface area (Å²) in [7, 11) is 1.63. The zero-order valence-corrected chi connectivity index (χ0v) is 10.2. The SMILES string of the molecule is COc1cc(C)c(C(C)CC(=O)O)c(C)c1. The molecule has 0 radical (unpaired) electrons. The first-order valence-corrected chi connectivity index (χ1v) is 5.32. The highest BCUT2D eigenvalue weighted by Crippen LogP contribution is 2.29. The Labute approximate surface area is 96.1 Å². The number of methoxy groups -OCH3 is 1. The highest BCUT2D eigenvalue weighted by molar-refractivity contribution is 5.68. The van der Waals surface area contributed by atoms with Crippen molar-refractivity contribution in [1.29, 1.82) is 0 Å². The standard InChI is InChI=1S/C13H18O3/c1-8-5-11(16-4)6-9(2)13(8)10(3)7-12(14)15/h5-6,10H,7H2,1-4H3,(H,14,15). The number of hydrogen-bond donors (Lipinski definition) is 1. The van der Waals surface area contributed by atoms with Crippen LogP contribution in [0.5, 0.6) is 5.75 Å². The van der Waals surface area contributed by atoms with Crippen molar-refractivity contribution in [3.05, 3.63) is 28.8 Å². The molecule has 0 saturated heterocycles. The van der Waals surface area contributed by atoms with Gasteiger partial charge in [0.15, 0.2) is 0 Å². The Morgan fingerprint density at radius 2 is 1.88 bits per heavy atom. The first-order chi connectivity index (χ1) is 7.45. The second kappa shape index (κ2) is 5.01. The minimum Gasteiger partial charge on any atom is -0.497 e. The third-order valence-corrected chi connectivity index (χ3v) is 2.78. The molecule has 3 heteroatoms. The summed E-state index contributed by atoms with van der Waals surface area (Å²) in [6.45, 7) is 5.92. The number of aliphatic carboxylic acids is 1. The van der Waals surface area contributed by atoms with Crippen LogP contribution in [0.4, 0.5) is 0 Å². The van der Waals surface area contributed by atoms with Gasteiger partial charge in [-0.05, 0) is 48.6 Å². The quantitative estimate of drug-likeness (QED) is 0.852. The van der Waals surface area contributed by atoms with E-state index in [1.807, 2.05) is 32.9 Å². The van der Waals surface area contributed by atoms with Crippen LogP contribution in [0.2, 0.25) is 0 Å². The van der Waals surface area contributed by atoms with Gasteiger partial charge >= 0.3 is 5.97 Å². The molecular formula is C13H18O3. The molecule has 0 heterocycles. The lowest BCUT2D eigenvalue weighted by Gasteiger charge is -2.17. The van der Waals surface area contributed by atoms with E-state index < -0.39 is 5.97 Å². The molecule has 0 fully saturated rings. The highest BCUT2D eigenvalue weighted by Gasteiger charge is 2.15. The zero-order valence-electron chi connectivity index (χ0n) is 10.2. The van der Waals surface area contributed by atoms with E-state index in [0.29, 0.717) is 0 Å². The number of carboxylic acids is 1. The van der Waals surface area contributed by atoms with E-state index in [-0.39, 0.29) is 12.3 Å². The van der Waals surface area contributed by atoms with E-state index in [9.17, 15) is 4.79 Å². The monoisotopic (exact) mass is 222 g/mol. The van der Waals surface area contributed by atoms with E-state index in [4.69, 9.17) is 9.84 Å². The minimum absolute atomic E-state index is 0.0309. The van der Waals surface area contributed by atoms with Crippen LogP contribution >= 0.6 is 0 Å². The van der Waals surface area contributed by atoms with Crippen LogP contribution in [0.15, 0.2) is 12.1 Å². The number of ether oxygens (including phenoxy) is 1. The van der Waals surface area contributed by atoms with Gasteiger partial charge in [0, 0.05) is 0 Å². The Balaban J connectivity index is 3.08. The molecule has 1 unspecified atom stereocenters. The molecule has 0 aliphatic heterocycles. The van der Waals surface area contributed by atoms with Gasteiger partial charge in [0.25, 0.3) is 0 Å². The average Bonchev–Trinajstić information content (AvgIpc) is 2.15. The predicted molar refractivity (Wildman–Crippen MR) is 63.1 cm³/mol. The third kappa shape index (κ3) is 2.75. The summed E-state index contributed by atoms with van der Waals surface area (Å²) in [6.07, 6.45) is 0.161. The first kappa shape index (κ1) is 12.6. The van der Waals surface area contributed by atoms with Crippen LogP contribution < -0.4 is 4.74 Å². The van der Waals surface area contributed by atoms with Crippen molar-refractivity contribution in [3.63, 3.8) is 0 Å². The van der Waals surface area contributed by atoms with Crippen molar-refractivity contribution in [3.8, 4) is 5.75 Å². The number of rotatable bonds is 4. The molecule has 0 spiro atoms. The van der Waals surface area contributed by atoms with Crippen LogP contribution in [0.25, 0.3) is 0 Å². The van der Waals surface area contributed by atoms with Gasteiger partial charge in [0.2, 0.25) is 0 Å². The zero-order chi connectivity index (χ0) is 12.3. The average molecular weight is 222 g/mol. The number of benzene rings is 1. The number of carboxylic acid groups (broad SMARTS) is 1. The van der Waals surface area contributed by atoms with Gasteiger partial charge in [-0.25, -0.2) is 0 Å². The maximum absolute atomic E-state index is 10.7. The summed E-state index contributed by atoms with van der Waals surface area (Å²) in [6, 6.07) is 3.89. The summed E-state index contributed by atoms with van der Waals surface area (Å²) in [5.74, 6) is 0.0896. The molecule has 16 heavy (non-hydrogen) atoms. The van der Waals surface area contributed by atoms with Crippen LogP contribution in [0, 0.1) is 13.8 Å². The van der Waals surface area contributed by atoms with Crippen molar-refractivity contribution in [1.82, 2.24) is 0 Å². The topological polar surface area (TPSA) is 46.5 Å². The van der Waals surface area contributed by atoms with E-state index in [0.717, 1.165) is 22.4 Å². The summed E-state index contributed by atoms with van der Waals surface area (Å²) in [5.41, 5.74) is 3.29. The Morgan fingerprint density at radius 1 is 1.38 bits per heavy atom. The largest absolute Gasteiger partial charge is 0.497 e. The summed E-state index contributed by atoms with van der Waals surface area (Å²) < 4.78 is 5.18. The van der Waals surface area contributed by atoms with E-state index in [1.54, 1.807) is 7.11 Å². The molecule has 3 nitrogen and oxygen atoms in total. The number of aryl methyl sites for hydroxylation is 2. The first-order valence-electron chi connectivity index (χ1n) is 5.32. The fraction of sp³-hybridized carbons (Fsp3) is 0.462. The minimum atomic E-state index is -0.762. The molecule has 1 aromatic rings. The lowest BCUT2D eigenvalue weighted by Crippen LogP contribution is -2.06. The molecule has 1 N–H and O–H groups in total. The molecule has 1 atom stereocenters. The molecule has 0 bridgehead atoms. The Bertz CT molecular complexity index is 373. The normalized spacial score (nSPS) is 12.2. The van der Waals surface area contributed by atoms with Crippen molar-refractivity contribution in [2.75, 3.05) is 7.11 Å². The van der Waals surface area contributed by atoms with Crippen molar-refractivity contribution >= 4 is 5.97 Å². The molecule has 1 rings (SSSR count). The van der Waals surface area contributed by atoms with E-state index >= 15 is 0 Å². The fourth-order valence-electron chi connectivity index (χ4n) is 2.19. The van der Waals surface area contributed by atoms with Crippen molar-refractivity contribution < 1.29 is 14.6 Å². The van der Waals surface area contributed by atoms with Gasteiger partial charge < -0.3 is 9.84 Å². The number of carbonyl (C=O) groups is 1. The molecule has 1 aromatic carbocycles. The Morgan fingerprint density at radius 3 is 2.25 bits per heavy atom. The van der Waals surface area contributed by atoms with Crippen LogP contribution in [0.1, 0.15) is 36.0 Å². The van der Waals surface area contributed by atoms with Crippen LogP contribution in [-0.4, -0.2) is 18.2 Å². The maximum Gasteiger partial charge on any atom is 0.303 e. The lowest BCUT2D eigenvalue weighted by molar-refractivity contribution is -0.137. The molecule has 0 aliphatic rings. The van der Waals surface area contributed by atoms with E-state index in [1.165, 1.54) is 0 Å². The Hall–Kier alpha value is -1.51. The fourth-order valence-corrected chi connectivity index (χ4v) is 2.19. The van der Waals surface area contributed by atoms with Crippen LogP contribution in [0.3, 0.4) is 0 Å². The van der Waals surface area contributed by atoms with Gasteiger partial charge in [-0.15, -0.1) is 0 Å². The van der Waals surface area contributed by atoms with Gasteiger partial charge in [0.05, 0.1) is 13.5 Å². The smallest absolute Gasteiger partial charge is 0.303 e. The molecule has 0 amide bonds. The van der Waals surface area contributed by atoms with Crippen LogP contribution in [-0.2, 0) is 4.79 Å². The second-order valence-electron chi connectivity index (χ2n) is 4.17. The van der Waals surface area contributed by atoms with E-state index in [2.05, 4.69) is 0 Å². The number of hydrogen-bond acceptors (Lipinski definition) is 2. The molecule has 0 aromatic heterocycles. The summed E-state index contributed by atoms with van der Waals surface area (Å²) in [4.78, 5) is 10.7. The summed E-state index contributed by atoms with van der Waals surface area (Å²) >= 11 is 0. The van der Waals surface area contributed by atoms with Gasteiger partial charge in [-0.3, -0.25) is 4.79 Å². The van der Waals surface area contributed by atoms with Gasteiger partial charge in [0.1, 0.15) is 5.75 Å². The lowest BCUT2D eigenvalue weighted by atomic mass is 9.89.